The van der Waals surface area contributed by atoms with Crippen molar-refractivity contribution in [2.24, 2.45) is 0 Å². The number of aromatic nitrogens is 1. The van der Waals surface area contributed by atoms with Crippen LogP contribution < -0.4 is 0 Å². The molecular formula is C16H20N2O4S2. The van der Waals surface area contributed by atoms with Crippen LogP contribution in [0.5, 0.6) is 0 Å². The van der Waals surface area contributed by atoms with Crippen LogP contribution in [0.3, 0.4) is 0 Å². The highest BCUT2D eigenvalue weighted by Crippen LogP contribution is 2.21. The number of hydrogen-bond acceptors (Lipinski definition) is 6. The molecule has 0 saturated heterocycles. The first-order valence-corrected chi connectivity index (χ1v) is 9.80. The van der Waals surface area contributed by atoms with Crippen molar-refractivity contribution in [3.8, 4) is 0 Å². The number of nitrogens with zero attached hydrogens (tertiary/aromatic N) is 2. The van der Waals surface area contributed by atoms with Crippen LogP contribution in [0.2, 0.25) is 0 Å². The Morgan fingerprint density at radius 2 is 1.96 bits per heavy atom. The van der Waals surface area contributed by atoms with Crippen LogP contribution in [0.4, 0.5) is 0 Å². The SMILES string of the molecule is CCCN(Cc1nc(C(=O)OC)cs1)S(=O)(=O)c1ccc(C)cc1. The average molecular weight is 368 g/mol. The number of carbonyl (C=O) groups is 1. The molecule has 0 unspecified atom stereocenters. The number of benzene rings is 1. The number of ether oxygens (including phenoxy) is 1. The molecule has 0 amide bonds. The Labute approximate surface area is 146 Å². The summed E-state index contributed by atoms with van der Waals surface area (Å²) >= 11 is 1.24. The summed E-state index contributed by atoms with van der Waals surface area (Å²) in [6.45, 7) is 4.33. The van der Waals surface area contributed by atoms with E-state index in [0.717, 1.165) is 5.56 Å². The fourth-order valence-corrected chi connectivity index (χ4v) is 4.48. The zero-order chi connectivity index (χ0) is 17.7. The predicted octanol–water partition coefficient (Wildman–Crippen LogP) is 2.84. The van der Waals surface area contributed by atoms with Gasteiger partial charge in [-0.2, -0.15) is 4.31 Å². The molecule has 2 aromatic rings. The van der Waals surface area contributed by atoms with Gasteiger partial charge in [-0.05, 0) is 25.5 Å². The maximum atomic E-state index is 12.8. The normalized spacial score (nSPS) is 11.7. The Kier molecular flexibility index (Phi) is 6.09. The summed E-state index contributed by atoms with van der Waals surface area (Å²) in [5.74, 6) is -0.527. The number of carbonyl (C=O) groups excluding carboxylic acids is 1. The minimum atomic E-state index is -3.61. The third kappa shape index (κ3) is 4.19. The maximum Gasteiger partial charge on any atom is 0.357 e. The molecular weight excluding hydrogens is 348 g/mol. The topological polar surface area (TPSA) is 76.6 Å². The monoisotopic (exact) mass is 368 g/mol. The van der Waals surface area contributed by atoms with Crippen molar-refractivity contribution in [1.82, 2.24) is 9.29 Å². The molecule has 0 aliphatic carbocycles. The van der Waals surface area contributed by atoms with Gasteiger partial charge in [-0.15, -0.1) is 11.3 Å². The molecule has 1 aromatic carbocycles. The van der Waals surface area contributed by atoms with Gasteiger partial charge in [0.1, 0.15) is 5.01 Å². The molecule has 0 atom stereocenters. The number of sulfonamides is 1. The Hall–Kier alpha value is -1.77. The van der Waals surface area contributed by atoms with E-state index in [1.807, 2.05) is 13.8 Å². The van der Waals surface area contributed by atoms with Crippen LogP contribution in [-0.2, 0) is 21.3 Å². The van der Waals surface area contributed by atoms with E-state index in [4.69, 9.17) is 0 Å². The molecule has 0 saturated carbocycles. The second kappa shape index (κ2) is 7.87. The third-order valence-electron chi connectivity index (χ3n) is 3.39. The first-order valence-electron chi connectivity index (χ1n) is 7.48. The first kappa shape index (κ1) is 18.6. The summed E-state index contributed by atoms with van der Waals surface area (Å²) in [6, 6.07) is 6.76. The highest BCUT2D eigenvalue weighted by molar-refractivity contribution is 7.89. The quantitative estimate of drug-likeness (QED) is 0.703. The lowest BCUT2D eigenvalue weighted by Gasteiger charge is -2.20. The van der Waals surface area contributed by atoms with E-state index in [2.05, 4.69) is 9.72 Å². The molecule has 0 radical (unpaired) electrons. The minimum absolute atomic E-state index is 0.131. The van der Waals surface area contributed by atoms with E-state index in [1.165, 1.54) is 22.8 Å². The lowest BCUT2D eigenvalue weighted by atomic mass is 10.2. The van der Waals surface area contributed by atoms with Crippen molar-refractivity contribution in [3.05, 3.63) is 45.9 Å². The number of rotatable bonds is 7. The standard InChI is InChI=1S/C16H20N2O4S2/c1-4-9-18(10-15-17-14(11-23-15)16(19)22-3)24(20,21)13-7-5-12(2)6-8-13/h5-8,11H,4,9-10H2,1-3H3. The molecule has 1 heterocycles. The molecule has 0 spiro atoms. The number of thiazole rings is 1. The van der Waals surface area contributed by atoms with Gasteiger partial charge in [-0.1, -0.05) is 24.6 Å². The van der Waals surface area contributed by atoms with Gasteiger partial charge in [0.25, 0.3) is 0 Å². The van der Waals surface area contributed by atoms with E-state index in [-0.39, 0.29) is 17.1 Å². The van der Waals surface area contributed by atoms with Crippen LogP contribution in [0.25, 0.3) is 0 Å². The molecule has 1 aromatic heterocycles. The summed E-state index contributed by atoms with van der Waals surface area (Å²) in [7, 11) is -2.33. The molecule has 130 valence electrons. The average Bonchev–Trinajstić information content (AvgIpc) is 3.03. The van der Waals surface area contributed by atoms with Gasteiger partial charge >= 0.3 is 5.97 Å². The first-order chi connectivity index (χ1) is 11.4. The van der Waals surface area contributed by atoms with Gasteiger partial charge in [0, 0.05) is 11.9 Å². The summed E-state index contributed by atoms with van der Waals surface area (Å²) in [4.78, 5) is 15.9. The van der Waals surface area contributed by atoms with Crippen LogP contribution in [0.1, 0.15) is 34.4 Å². The maximum absolute atomic E-state index is 12.8. The van der Waals surface area contributed by atoms with Gasteiger partial charge in [0.2, 0.25) is 10.0 Å². The molecule has 0 aliphatic rings. The predicted molar refractivity (Wildman–Crippen MR) is 92.5 cm³/mol. The molecule has 2 rings (SSSR count). The number of esters is 1. The van der Waals surface area contributed by atoms with Gasteiger partial charge in [-0.3, -0.25) is 0 Å². The van der Waals surface area contributed by atoms with Gasteiger partial charge in [0.15, 0.2) is 5.69 Å². The molecule has 24 heavy (non-hydrogen) atoms. The fraction of sp³-hybridized carbons (Fsp3) is 0.375. The second-order valence-electron chi connectivity index (χ2n) is 5.27. The molecule has 0 bridgehead atoms. The van der Waals surface area contributed by atoms with E-state index in [1.54, 1.807) is 29.6 Å². The van der Waals surface area contributed by atoms with Crippen molar-refractivity contribution in [1.29, 1.82) is 0 Å². The van der Waals surface area contributed by atoms with E-state index >= 15 is 0 Å². The van der Waals surface area contributed by atoms with Crippen LogP contribution in [0.15, 0.2) is 34.5 Å². The van der Waals surface area contributed by atoms with Crippen molar-refractivity contribution >= 4 is 27.3 Å². The minimum Gasteiger partial charge on any atom is -0.464 e. The fourth-order valence-electron chi connectivity index (χ4n) is 2.13. The van der Waals surface area contributed by atoms with Crippen molar-refractivity contribution < 1.29 is 17.9 Å². The van der Waals surface area contributed by atoms with E-state index in [9.17, 15) is 13.2 Å². The molecule has 6 nitrogen and oxygen atoms in total. The van der Waals surface area contributed by atoms with Crippen LogP contribution >= 0.6 is 11.3 Å². The highest BCUT2D eigenvalue weighted by Gasteiger charge is 2.25. The second-order valence-corrected chi connectivity index (χ2v) is 8.15. The summed E-state index contributed by atoms with van der Waals surface area (Å²) in [5, 5.41) is 2.13. The zero-order valence-corrected chi connectivity index (χ0v) is 15.5. The van der Waals surface area contributed by atoms with Gasteiger partial charge in [-0.25, -0.2) is 18.2 Å². The highest BCUT2D eigenvalue weighted by atomic mass is 32.2. The van der Waals surface area contributed by atoms with Crippen molar-refractivity contribution in [2.75, 3.05) is 13.7 Å². The Morgan fingerprint density at radius 1 is 1.29 bits per heavy atom. The molecule has 0 aliphatic heterocycles. The third-order valence-corrected chi connectivity index (χ3v) is 6.08. The lowest BCUT2D eigenvalue weighted by molar-refractivity contribution is 0.0594. The van der Waals surface area contributed by atoms with E-state index in [0.29, 0.717) is 18.0 Å². The van der Waals surface area contributed by atoms with Gasteiger partial charge < -0.3 is 4.74 Å². The largest absolute Gasteiger partial charge is 0.464 e. The zero-order valence-electron chi connectivity index (χ0n) is 13.9. The van der Waals surface area contributed by atoms with Crippen LogP contribution in [-0.4, -0.2) is 37.3 Å². The number of aryl methyl sites for hydroxylation is 1. The number of hydrogen-bond donors (Lipinski definition) is 0. The molecule has 0 fully saturated rings. The van der Waals surface area contributed by atoms with E-state index < -0.39 is 16.0 Å². The van der Waals surface area contributed by atoms with Crippen LogP contribution in [0, 0.1) is 6.92 Å². The summed E-state index contributed by atoms with van der Waals surface area (Å²) < 4.78 is 31.7. The smallest absolute Gasteiger partial charge is 0.357 e. The van der Waals surface area contributed by atoms with Gasteiger partial charge in [0.05, 0.1) is 18.6 Å². The van der Waals surface area contributed by atoms with Crippen molar-refractivity contribution in [2.45, 2.75) is 31.7 Å². The Bertz CT molecular complexity index is 798. The number of methoxy groups -OCH3 is 1. The Balaban J connectivity index is 2.26. The summed E-state index contributed by atoms with van der Waals surface area (Å²) in [6.07, 6.45) is 0.681. The summed E-state index contributed by atoms with van der Waals surface area (Å²) in [5.41, 5.74) is 1.19. The van der Waals surface area contributed by atoms with Crippen molar-refractivity contribution in [3.63, 3.8) is 0 Å². The molecule has 0 N–H and O–H groups in total. The Morgan fingerprint density at radius 3 is 2.54 bits per heavy atom. The lowest BCUT2D eigenvalue weighted by Crippen LogP contribution is -2.31. The molecule has 8 heteroatoms.